The fourth-order valence-electron chi connectivity index (χ4n) is 5.40. The third-order valence-corrected chi connectivity index (χ3v) is 7.21. The largest absolute Gasteiger partial charge is 0.478 e. The van der Waals surface area contributed by atoms with Crippen LogP contribution >= 0.6 is 0 Å². The third-order valence-electron chi connectivity index (χ3n) is 7.21. The summed E-state index contributed by atoms with van der Waals surface area (Å²) in [4.78, 5) is 23.1. The zero-order valence-corrected chi connectivity index (χ0v) is 21.6. The fourth-order valence-corrected chi connectivity index (χ4v) is 5.40. The third kappa shape index (κ3) is 4.53. The number of benzene rings is 3. The van der Waals surface area contributed by atoms with E-state index in [2.05, 4.69) is 16.4 Å². The maximum Gasteiger partial charge on any atom is 0.337 e. The van der Waals surface area contributed by atoms with Gasteiger partial charge in [-0.3, -0.25) is 0 Å². The molecule has 3 aromatic carbocycles. The molecule has 1 unspecified atom stereocenters. The summed E-state index contributed by atoms with van der Waals surface area (Å²) in [5, 5.41) is 34.4. The number of carbonyl (C=O) groups is 1. The van der Waals surface area contributed by atoms with Crippen LogP contribution in [0, 0.1) is 18.3 Å². The number of anilines is 2. The first-order valence-electron chi connectivity index (χ1n) is 12.5. The Balaban J connectivity index is 1.54. The first-order chi connectivity index (χ1) is 18.2. The lowest BCUT2D eigenvalue weighted by molar-refractivity contribution is 0.0468. The van der Waals surface area contributed by atoms with Crippen LogP contribution in [-0.2, 0) is 12.0 Å². The van der Waals surface area contributed by atoms with Crippen LogP contribution in [0.15, 0.2) is 60.7 Å². The smallest absolute Gasteiger partial charge is 0.337 e. The molecule has 0 saturated heterocycles. The molecule has 1 aliphatic rings. The van der Waals surface area contributed by atoms with E-state index in [1.807, 2.05) is 57.3 Å². The van der Waals surface area contributed by atoms with E-state index in [9.17, 15) is 20.3 Å². The van der Waals surface area contributed by atoms with Gasteiger partial charge in [0.2, 0.25) is 0 Å². The van der Waals surface area contributed by atoms with Gasteiger partial charge in [-0.15, -0.1) is 0 Å². The van der Waals surface area contributed by atoms with Crippen LogP contribution in [0.5, 0.6) is 0 Å². The number of carboxylic acids is 1. The Bertz CT molecular complexity index is 1600. The second-order valence-corrected chi connectivity index (χ2v) is 9.99. The molecule has 1 aliphatic carbocycles. The van der Waals surface area contributed by atoms with Gasteiger partial charge in [-0.2, -0.15) is 5.26 Å². The number of hydrogen-bond donors (Lipinski definition) is 3. The Morgan fingerprint density at radius 1 is 1.18 bits per heavy atom. The van der Waals surface area contributed by atoms with Gasteiger partial charge in [0.25, 0.3) is 0 Å². The number of nitrogens with one attached hydrogen (secondary N) is 1. The van der Waals surface area contributed by atoms with Crippen LogP contribution in [0.4, 0.5) is 11.5 Å². The number of hydrogen-bond acceptors (Lipinski definition) is 7. The summed E-state index contributed by atoms with van der Waals surface area (Å²) < 4.78 is 0. The average molecular weight is 508 g/mol. The van der Waals surface area contributed by atoms with Crippen molar-refractivity contribution in [1.29, 1.82) is 5.26 Å². The molecular formula is C30H29N5O3. The first kappa shape index (κ1) is 25.2. The van der Waals surface area contributed by atoms with E-state index in [4.69, 9.17) is 4.98 Å². The predicted molar refractivity (Wildman–Crippen MR) is 146 cm³/mol. The number of nitrogens with zero attached hydrogens (tertiary/aromatic N) is 4. The molecule has 8 nitrogen and oxygen atoms in total. The summed E-state index contributed by atoms with van der Waals surface area (Å²) in [6.45, 7) is 4.15. The molecule has 8 heteroatoms. The summed E-state index contributed by atoms with van der Waals surface area (Å²) in [6, 6.07) is 20.4. The van der Waals surface area contributed by atoms with E-state index in [0.717, 1.165) is 28.7 Å². The number of aliphatic hydroxyl groups is 1. The summed E-state index contributed by atoms with van der Waals surface area (Å²) in [5.41, 5.74) is 4.83. The van der Waals surface area contributed by atoms with E-state index >= 15 is 0 Å². The van der Waals surface area contributed by atoms with Crippen molar-refractivity contribution in [3.8, 4) is 6.07 Å². The SMILES string of the molecule is Cc1cc([C@@H](C)Nc2ccccc2C(=O)O)c2nc(N(C)CC3(O)CCc4ccccc43)c(C#N)nc2c1. The summed E-state index contributed by atoms with van der Waals surface area (Å²) in [7, 11) is 1.81. The van der Waals surface area contributed by atoms with Crippen molar-refractivity contribution in [2.24, 2.45) is 0 Å². The molecule has 0 amide bonds. The van der Waals surface area contributed by atoms with Crippen molar-refractivity contribution in [3.63, 3.8) is 0 Å². The van der Waals surface area contributed by atoms with Crippen molar-refractivity contribution >= 4 is 28.5 Å². The zero-order valence-electron chi connectivity index (χ0n) is 21.6. The summed E-state index contributed by atoms with van der Waals surface area (Å²) >= 11 is 0. The first-order valence-corrected chi connectivity index (χ1v) is 12.5. The quantitative estimate of drug-likeness (QED) is 0.321. The van der Waals surface area contributed by atoms with Crippen molar-refractivity contribution in [3.05, 3.63) is 94.2 Å². The van der Waals surface area contributed by atoms with Crippen molar-refractivity contribution in [2.45, 2.75) is 38.3 Å². The molecule has 3 N–H and O–H groups in total. The molecule has 5 rings (SSSR count). The molecule has 1 aromatic heterocycles. The van der Waals surface area contributed by atoms with E-state index in [1.54, 1.807) is 29.2 Å². The zero-order chi connectivity index (χ0) is 27.0. The van der Waals surface area contributed by atoms with Gasteiger partial charge in [0.05, 0.1) is 29.2 Å². The van der Waals surface area contributed by atoms with E-state index in [1.165, 1.54) is 0 Å². The van der Waals surface area contributed by atoms with Crippen LogP contribution in [-0.4, -0.2) is 39.7 Å². The van der Waals surface area contributed by atoms with Gasteiger partial charge in [0.1, 0.15) is 11.7 Å². The lowest BCUT2D eigenvalue weighted by Gasteiger charge is -2.31. The Labute approximate surface area is 221 Å². The topological polar surface area (TPSA) is 122 Å². The van der Waals surface area contributed by atoms with Crippen LogP contribution in [0.1, 0.15) is 57.7 Å². The molecule has 4 aromatic rings. The number of aryl methyl sites for hydroxylation is 2. The lowest BCUT2D eigenvalue weighted by atomic mass is 9.95. The Hall–Kier alpha value is -4.48. The van der Waals surface area contributed by atoms with Crippen LogP contribution < -0.4 is 10.2 Å². The number of para-hydroxylation sites is 1. The number of nitriles is 1. The Morgan fingerprint density at radius 3 is 2.68 bits per heavy atom. The fraction of sp³-hybridized carbons (Fsp3) is 0.267. The predicted octanol–water partition coefficient (Wildman–Crippen LogP) is 4.95. The average Bonchev–Trinajstić information content (AvgIpc) is 3.23. The number of carboxylic acid groups (broad SMARTS) is 1. The van der Waals surface area contributed by atoms with Crippen molar-refractivity contribution in [1.82, 2.24) is 9.97 Å². The molecule has 0 aliphatic heterocycles. The van der Waals surface area contributed by atoms with Gasteiger partial charge in [0.15, 0.2) is 11.5 Å². The highest BCUT2D eigenvalue weighted by Gasteiger charge is 2.38. The molecule has 192 valence electrons. The summed E-state index contributed by atoms with van der Waals surface area (Å²) in [5.74, 6) is -0.621. The normalized spacial score (nSPS) is 17.0. The molecule has 0 bridgehead atoms. The number of aromatic nitrogens is 2. The second kappa shape index (κ2) is 9.77. The lowest BCUT2D eigenvalue weighted by Crippen LogP contribution is -2.38. The molecule has 0 spiro atoms. The van der Waals surface area contributed by atoms with E-state index in [0.29, 0.717) is 29.0 Å². The molecule has 1 heterocycles. The summed E-state index contributed by atoms with van der Waals surface area (Å²) in [6.07, 6.45) is 1.38. The van der Waals surface area contributed by atoms with Gasteiger partial charge in [-0.1, -0.05) is 42.5 Å². The van der Waals surface area contributed by atoms with Gasteiger partial charge < -0.3 is 20.4 Å². The molecule has 0 saturated carbocycles. The van der Waals surface area contributed by atoms with Crippen LogP contribution in [0.2, 0.25) is 0 Å². The highest BCUT2D eigenvalue weighted by molar-refractivity contribution is 5.94. The molecular weight excluding hydrogens is 478 g/mol. The monoisotopic (exact) mass is 507 g/mol. The maximum absolute atomic E-state index is 11.7. The number of likely N-dealkylation sites (N-methyl/N-ethyl adjacent to an activating group) is 1. The second-order valence-electron chi connectivity index (χ2n) is 9.99. The maximum atomic E-state index is 11.7. The van der Waals surface area contributed by atoms with Gasteiger partial charge in [0, 0.05) is 18.3 Å². The molecule has 38 heavy (non-hydrogen) atoms. The minimum absolute atomic E-state index is 0.180. The Kier molecular flexibility index (Phi) is 6.47. The minimum Gasteiger partial charge on any atom is -0.478 e. The number of aromatic carboxylic acids is 1. The minimum atomic E-state index is -1.06. The van der Waals surface area contributed by atoms with Crippen LogP contribution in [0.3, 0.4) is 0 Å². The highest BCUT2D eigenvalue weighted by Crippen LogP contribution is 2.38. The van der Waals surface area contributed by atoms with Crippen LogP contribution in [0.25, 0.3) is 11.0 Å². The van der Waals surface area contributed by atoms with Gasteiger partial charge >= 0.3 is 5.97 Å². The van der Waals surface area contributed by atoms with Gasteiger partial charge in [-0.05, 0) is 61.6 Å². The van der Waals surface area contributed by atoms with E-state index in [-0.39, 0.29) is 23.8 Å². The number of fused-ring (bicyclic) bond motifs is 2. The standard InChI is InChI=1S/C30H29N5O3/c1-18-14-22(19(2)32-24-11-7-5-9-21(24)29(36)37)27-25(15-18)33-26(16-31)28(34-27)35(3)17-30(38)13-12-20-8-4-6-10-23(20)30/h4-11,14-15,19,32,38H,12-13,17H2,1-3H3,(H,36,37)/t19-,30?/m1/s1. The van der Waals surface area contributed by atoms with Crippen molar-refractivity contribution < 1.29 is 15.0 Å². The highest BCUT2D eigenvalue weighted by atomic mass is 16.4. The Morgan fingerprint density at radius 2 is 1.92 bits per heavy atom. The molecule has 0 fully saturated rings. The van der Waals surface area contributed by atoms with E-state index < -0.39 is 11.6 Å². The number of rotatable bonds is 7. The molecule has 2 atom stereocenters. The van der Waals surface area contributed by atoms with Gasteiger partial charge in [-0.25, -0.2) is 14.8 Å². The molecule has 0 radical (unpaired) electrons. The van der Waals surface area contributed by atoms with Crippen molar-refractivity contribution in [2.75, 3.05) is 23.8 Å².